The van der Waals surface area contributed by atoms with Crippen LogP contribution >= 0.6 is 11.6 Å². The summed E-state index contributed by atoms with van der Waals surface area (Å²) in [5.41, 5.74) is 6.61. The number of benzene rings is 1. The minimum atomic E-state index is -0.137. The van der Waals surface area contributed by atoms with Crippen molar-refractivity contribution >= 4 is 23.2 Å². The molecule has 3 N–H and O–H groups in total. The van der Waals surface area contributed by atoms with Gasteiger partial charge in [-0.1, -0.05) is 11.6 Å². The Bertz CT molecular complexity index is 427. The first-order chi connectivity index (χ1) is 7.50. The third-order valence-electron chi connectivity index (χ3n) is 3.13. The molecule has 1 saturated carbocycles. The molecule has 1 aromatic carbocycles. The molecule has 0 heterocycles. The van der Waals surface area contributed by atoms with Crippen molar-refractivity contribution in [3.05, 3.63) is 28.8 Å². The first kappa shape index (κ1) is 11.3. The number of halogens is 1. The van der Waals surface area contributed by atoms with Crippen LogP contribution in [0.15, 0.2) is 18.2 Å². The molecule has 0 atom stereocenters. The van der Waals surface area contributed by atoms with E-state index in [0.717, 1.165) is 12.8 Å². The van der Waals surface area contributed by atoms with Gasteiger partial charge >= 0.3 is 0 Å². The van der Waals surface area contributed by atoms with Crippen molar-refractivity contribution in [2.24, 2.45) is 0 Å². The number of carbonyl (C=O) groups excluding carboxylic acids is 1. The summed E-state index contributed by atoms with van der Waals surface area (Å²) in [5.74, 6) is -0.137. The Labute approximate surface area is 100.0 Å². The summed E-state index contributed by atoms with van der Waals surface area (Å²) >= 11 is 5.84. The Morgan fingerprint density at radius 2 is 2.19 bits per heavy atom. The second-order valence-corrected chi connectivity index (χ2v) is 5.04. The van der Waals surface area contributed by atoms with E-state index in [9.17, 15) is 4.79 Å². The lowest BCUT2D eigenvalue weighted by molar-refractivity contribution is 0.0851. The number of hydrogen-bond acceptors (Lipinski definition) is 2. The quantitative estimate of drug-likeness (QED) is 0.779. The van der Waals surface area contributed by atoms with Crippen LogP contribution < -0.4 is 11.1 Å². The highest BCUT2D eigenvalue weighted by Gasteiger charge is 2.33. The van der Waals surface area contributed by atoms with Gasteiger partial charge in [-0.3, -0.25) is 4.79 Å². The zero-order valence-electron chi connectivity index (χ0n) is 9.22. The predicted molar refractivity (Wildman–Crippen MR) is 65.6 cm³/mol. The third-order valence-corrected chi connectivity index (χ3v) is 3.37. The van der Waals surface area contributed by atoms with E-state index < -0.39 is 0 Å². The summed E-state index contributed by atoms with van der Waals surface area (Å²) in [6.07, 6.45) is 3.22. The fourth-order valence-corrected chi connectivity index (χ4v) is 2.07. The average Bonchev–Trinajstić information content (AvgIpc) is 2.19. The number of amides is 1. The first-order valence-electron chi connectivity index (χ1n) is 5.38. The van der Waals surface area contributed by atoms with Gasteiger partial charge in [0.25, 0.3) is 5.91 Å². The van der Waals surface area contributed by atoms with E-state index in [0.29, 0.717) is 16.3 Å². The monoisotopic (exact) mass is 238 g/mol. The maximum Gasteiger partial charge on any atom is 0.253 e. The van der Waals surface area contributed by atoms with E-state index in [-0.39, 0.29) is 11.4 Å². The molecule has 1 amide bonds. The van der Waals surface area contributed by atoms with Gasteiger partial charge < -0.3 is 11.1 Å². The highest BCUT2D eigenvalue weighted by Crippen LogP contribution is 2.31. The van der Waals surface area contributed by atoms with Crippen molar-refractivity contribution in [3.8, 4) is 0 Å². The molecular formula is C12H15ClN2O. The van der Waals surface area contributed by atoms with Crippen molar-refractivity contribution in [2.45, 2.75) is 31.7 Å². The van der Waals surface area contributed by atoms with Gasteiger partial charge in [0.05, 0.1) is 5.56 Å². The number of nitrogen functional groups attached to an aromatic ring is 1. The SMILES string of the molecule is CC1(NC(=O)c2cc(Cl)ccc2N)CCC1. The van der Waals surface area contributed by atoms with Crippen molar-refractivity contribution in [1.29, 1.82) is 0 Å². The van der Waals surface area contributed by atoms with Crippen LogP contribution in [0.2, 0.25) is 5.02 Å². The molecule has 4 heteroatoms. The zero-order chi connectivity index (χ0) is 11.8. The normalized spacial score (nSPS) is 17.6. The van der Waals surface area contributed by atoms with Gasteiger partial charge in [0.15, 0.2) is 0 Å². The van der Waals surface area contributed by atoms with Crippen LogP contribution in [0.5, 0.6) is 0 Å². The highest BCUT2D eigenvalue weighted by molar-refractivity contribution is 6.31. The van der Waals surface area contributed by atoms with E-state index >= 15 is 0 Å². The maximum atomic E-state index is 12.0. The maximum absolute atomic E-state index is 12.0. The topological polar surface area (TPSA) is 55.1 Å². The van der Waals surface area contributed by atoms with E-state index in [4.69, 9.17) is 17.3 Å². The molecular weight excluding hydrogens is 224 g/mol. The summed E-state index contributed by atoms with van der Waals surface area (Å²) in [5, 5.41) is 3.53. The second-order valence-electron chi connectivity index (χ2n) is 4.60. The van der Waals surface area contributed by atoms with Crippen LogP contribution in [0.25, 0.3) is 0 Å². The molecule has 0 unspecified atom stereocenters. The summed E-state index contributed by atoms with van der Waals surface area (Å²) in [7, 11) is 0. The van der Waals surface area contributed by atoms with E-state index in [1.54, 1.807) is 18.2 Å². The zero-order valence-corrected chi connectivity index (χ0v) is 9.97. The molecule has 3 nitrogen and oxygen atoms in total. The second kappa shape index (κ2) is 3.98. The molecule has 1 fully saturated rings. The smallest absolute Gasteiger partial charge is 0.253 e. The van der Waals surface area contributed by atoms with Crippen molar-refractivity contribution in [3.63, 3.8) is 0 Å². The Hall–Kier alpha value is -1.22. The van der Waals surface area contributed by atoms with E-state index in [1.807, 2.05) is 0 Å². The fourth-order valence-electron chi connectivity index (χ4n) is 1.90. The van der Waals surface area contributed by atoms with E-state index in [2.05, 4.69) is 12.2 Å². The molecule has 1 aliphatic carbocycles. The summed E-state index contributed by atoms with van der Waals surface area (Å²) < 4.78 is 0. The van der Waals surface area contributed by atoms with E-state index in [1.165, 1.54) is 6.42 Å². The fraction of sp³-hybridized carbons (Fsp3) is 0.417. The van der Waals surface area contributed by atoms with Gasteiger partial charge in [-0.05, 0) is 44.4 Å². The highest BCUT2D eigenvalue weighted by atomic mass is 35.5. The molecule has 1 aliphatic rings. The molecule has 2 rings (SSSR count). The largest absolute Gasteiger partial charge is 0.398 e. The minimum Gasteiger partial charge on any atom is -0.398 e. The first-order valence-corrected chi connectivity index (χ1v) is 5.75. The number of rotatable bonds is 2. The molecule has 0 bridgehead atoms. The molecule has 0 radical (unpaired) electrons. The summed E-state index contributed by atoms with van der Waals surface area (Å²) in [4.78, 5) is 12.0. The summed E-state index contributed by atoms with van der Waals surface area (Å²) in [6.45, 7) is 2.05. The van der Waals surface area contributed by atoms with Crippen molar-refractivity contribution < 1.29 is 4.79 Å². The Morgan fingerprint density at radius 1 is 1.50 bits per heavy atom. The van der Waals surface area contributed by atoms with Gasteiger partial charge in [-0.2, -0.15) is 0 Å². The molecule has 0 aromatic heterocycles. The van der Waals surface area contributed by atoms with Crippen LogP contribution in [0, 0.1) is 0 Å². The molecule has 1 aromatic rings. The standard InChI is InChI=1S/C12H15ClN2O/c1-12(5-2-6-12)15-11(16)9-7-8(13)3-4-10(9)14/h3-4,7H,2,5-6,14H2,1H3,(H,15,16). The van der Waals surface area contributed by atoms with Crippen LogP contribution in [0.1, 0.15) is 36.5 Å². The van der Waals surface area contributed by atoms with Gasteiger partial charge in [-0.25, -0.2) is 0 Å². The van der Waals surface area contributed by atoms with Crippen LogP contribution in [-0.4, -0.2) is 11.4 Å². The lowest BCUT2D eigenvalue weighted by atomic mass is 9.78. The van der Waals surface area contributed by atoms with Crippen LogP contribution in [0.3, 0.4) is 0 Å². The van der Waals surface area contributed by atoms with Crippen LogP contribution in [-0.2, 0) is 0 Å². The third kappa shape index (κ3) is 2.14. The van der Waals surface area contributed by atoms with Gasteiger partial charge in [0, 0.05) is 16.2 Å². The number of hydrogen-bond donors (Lipinski definition) is 2. The lowest BCUT2D eigenvalue weighted by Crippen LogP contribution is -2.51. The van der Waals surface area contributed by atoms with Gasteiger partial charge in [0.2, 0.25) is 0 Å². The molecule has 0 saturated heterocycles. The summed E-state index contributed by atoms with van der Waals surface area (Å²) in [6, 6.07) is 4.94. The van der Waals surface area contributed by atoms with Crippen molar-refractivity contribution in [2.75, 3.05) is 5.73 Å². The molecule has 0 aliphatic heterocycles. The van der Waals surface area contributed by atoms with Crippen molar-refractivity contribution in [1.82, 2.24) is 5.32 Å². The van der Waals surface area contributed by atoms with Crippen LogP contribution in [0.4, 0.5) is 5.69 Å². The molecule has 16 heavy (non-hydrogen) atoms. The number of nitrogens with two attached hydrogens (primary N) is 1. The Morgan fingerprint density at radius 3 is 2.75 bits per heavy atom. The molecule has 0 spiro atoms. The Balaban J connectivity index is 2.17. The number of anilines is 1. The Kier molecular flexibility index (Phi) is 2.80. The average molecular weight is 239 g/mol. The molecule has 86 valence electrons. The predicted octanol–water partition coefficient (Wildman–Crippen LogP) is 2.59. The van der Waals surface area contributed by atoms with Gasteiger partial charge in [0.1, 0.15) is 0 Å². The lowest BCUT2D eigenvalue weighted by Gasteiger charge is -2.39. The number of nitrogens with one attached hydrogen (secondary N) is 1. The minimum absolute atomic E-state index is 0.0636. The number of carbonyl (C=O) groups is 1. The van der Waals surface area contributed by atoms with Gasteiger partial charge in [-0.15, -0.1) is 0 Å².